The highest BCUT2D eigenvalue weighted by Crippen LogP contribution is 2.43. The normalized spacial score (nSPS) is 11.7. The van der Waals surface area contributed by atoms with Crippen molar-refractivity contribution < 1.29 is 17.6 Å². The van der Waals surface area contributed by atoms with Gasteiger partial charge in [-0.05, 0) is 79.4 Å². The van der Waals surface area contributed by atoms with Gasteiger partial charge in [-0.2, -0.15) is 0 Å². The Hall–Kier alpha value is -6.64. The fraction of sp³-hybridized carbons (Fsp3) is 0. The van der Waals surface area contributed by atoms with Crippen LogP contribution in [0.1, 0.15) is 0 Å². The summed E-state index contributed by atoms with van der Waals surface area (Å²) < 4.78 is 68.6. The molecule has 0 fully saturated rings. The van der Waals surface area contributed by atoms with Crippen LogP contribution in [0.15, 0.2) is 135 Å². The fourth-order valence-corrected chi connectivity index (χ4v) is 6.24. The Morgan fingerprint density at radius 3 is 1.43 bits per heavy atom. The maximum Gasteiger partial charge on any atom is 0.466 e. The summed E-state index contributed by atoms with van der Waals surface area (Å²) in [5.41, 5.74) is 0.390. The van der Waals surface area contributed by atoms with Gasteiger partial charge in [-0.15, -0.1) is 0 Å². The van der Waals surface area contributed by atoms with Crippen molar-refractivity contribution in [2.75, 3.05) is 0 Å². The third-order valence-electron chi connectivity index (χ3n) is 8.22. The molecule has 0 aliphatic rings. The van der Waals surface area contributed by atoms with E-state index in [0.29, 0.717) is 0 Å². The zero-order chi connectivity index (χ0) is 33.5. The molecule has 15 heteroatoms. The van der Waals surface area contributed by atoms with E-state index in [-0.39, 0.29) is 44.9 Å². The van der Waals surface area contributed by atoms with Crippen LogP contribution < -0.4 is 0 Å². The molecule has 6 heterocycles. The molecule has 240 valence electrons. The summed E-state index contributed by atoms with van der Waals surface area (Å²) >= 11 is 0. The number of aromatic nitrogens is 10. The molecule has 0 amide bonds. The Morgan fingerprint density at radius 2 is 0.980 bits per heavy atom. The molecule has 10 nitrogen and oxygen atoms in total. The molecule has 2 aromatic carbocycles. The van der Waals surface area contributed by atoms with E-state index in [1.807, 2.05) is 0 Å². The van der Waals surface area contributed by atoms with Crippen LogP contribution in [-0.2, 0) is 0 Å². The monoisotopic (exact) mass is 657 g/mol. The van der Waals surface area contributed by atoms with Crippen molar-refractivity contribution >= 4 is 6.69 Å². The van der Waals surface area contributed by atoms with Crippen molar-refractivity contribution in [2.45, 2.75) is 0 Å². The number of rotatable bonds is 8. The number of nitrogens with zero attached hydrogens (tertiary/aromatic N) is 10. The lowest BCUT2D eigenvalue weighted by atomic mass is 9.75. The molecule has 49 heavy (non-hydrogen) atoms. The number of benzene rings is 2. The third-order valence-corrected chi connectivity index (χ3v) is 8.22. The molecule has 0 bridgehead atoms. The second-order valence-electron chi connectivity index (χ2n) is 11.1. The third kappa shape index (κ3) is 4.90. The van der Waals surface area contributed by atoms with Gasteiger partial charge in [0, 0.05) is 70.9 Å². The summed E-state index contributed by atoms with van der Waals surface area (Å²) in [6.07, 6.45) is 14.3. The standard InChI is InChI=1S/C34H22BF4N10/c36-23-18-25(32(28(38)20-23)30-8-1-3-10-40-30)27-22-49(35(46-15-5-12-42-46,47-16-6-13-43-47)48-17-7-14-44-48)45-34(27)26-19-24(37)21-29(39)33(26)31-9-2-4-11-41-31/h1-22H/q-1. The summed E-state index contributed by atoms with van der Waals surface area (Å²) in [5.74, 6) is -3.59. The first kappa shape index (κ1) is 29.7. The summed E-state index contributed by atoms with van der Waals surface area (Å²) in [5, 5.41) is 18.6. The van der Waals surface area contributed by atoms with Gasteiger partial charge in [0.2, 0.25) is 0 Å². The topological polar surface area (TPSA) is 97.1 Å². The minimum Gasteiger partial charge on any atom is -0.379 e. The Balaban J connectivity index is 1.53. The zero-order valence-corrected chi connectivity index (χ0v) is 25.3. The van der Waals surface area contributed by atoms with Gasteiger partial charge in [0.05, 0.1) is 17.1 Å². The SMILES string of the molecule is Fc1cc(F)c(-c2ccccn2)c(-c2cn([B-](n3cccn3)(n3cccn3)n3cccn3)nc2-c2cc(F)cc(F)c2-c2ccccn2)c1. The van der Waals surface area contributed by atoms with E-state index < -0.39 is 30.0 Å². The molecule has 8 rings (SSSR count). The Kier molecular flexibility index (Phi) is 7.20. The van der Waals surface area contributed by atoms with E-state index in [0.717, 1.165) is 24.3 Å². The second-order valence-corrected chi connectivity index (χ2v) is 11.1. The van der Waals surface area contributed by atoms with Crippen LogP contribution >= 0.6 is 0 Å². The molecule has 0 saturated carbocycles. The minimum atomic E-state index is -2.65. The Bertz CT molecular complexity index is 2180. The van der Waals surface area contributed by atoms with Crippen LogP contribution in [0.4, 0.5) is 17.6 Å². The average molecular weight is 657 g/mol. The van der Waals surface area contributed by atoms with E-state index in [9.17, 15) is 0 Å². The molecule has 6 aromatic heterocycles. The lowest BCUT2D eigenvalue weighted by Crippen LogP contribution is -2.65. The highest BCUT2D eigenvalue weighted by atomic mass is 19.1. The Morgan fingerprint density at radius 1 is 0.490 bits per heavy atom. The van der Waals surface area contributed by atoms with E-state index in [4.69, 9.17) is 5.10 Å². The van der Waals surface area contributed by atoms with Gasteiger partial charge in [-0.25, -0.2) is 38.0 Å². The Labute approximate surface area is 275 Å². The summed E-state index contributed by atoms with van der Waals surface area (Å²) in [4.78, 5) is 8.67. The molecule has 0 atom stereocenters. The van der Waals surface area contributed by atoms with Crippen LogP contribution in [0.3, 0.4) is 0 Å². The lowest BCUT2D eigenvalue weighted by molar-refractivity contribution is 0.585. The lowest BCUT2D eigenvalue weighted by Gasteiger charge is -2.41. The van der Waals surface area contributed by atoms with Crippen molar-refractivity contribution in [1.82, 2.24) is 48.7 Å². The number of halogens is 4. The molecule has 0 spiro atoms. The number of hydrogen-bond donors (Lipinski definition) is 0. The number of pyridine rings is 2. The van der Waals surface area contributed by atoms with Gasteiger partial charge < -0.3 is 18.4 Å². The molecule has 0 N–H and O–H groups in total. The molecule has 8 aromatic rings. The predicted octanol–water partition coefficient (Wildman–Crippen LogP) is 6.42. The quantitative estimate of drug-likeness (QED) is 0.138. The first-order valence-electron chi connectivity index (χ1n) is 15.0. The predicted molar refractivity (Wildman–Crippen MR) is 173 cm³/mol. The van der Waals surface area contributed by atoms with Gasteiger partial charge >= 0.3 is 6.69 Å². The largest absolute Gasteiger partial charge is 0.466 e. The van der Waals surface area contributed by atoms with Crippen LogP contribution in [0.2, 0.25) is 0 Å². The molecule has 0 unspecified atom stereocenters. The van der Waals surface area contributed by atoms with Gasteiger partial charge in [0.15, 0.2) is 0 Å². The van der Waals surface area contributed by atoms with Crippen molar-refractivity contribution in [3.05, 3.63) is 158 Å². The molecule has 0 aliphatic heterocycles. The van der Waals surface area contributed by atoms with Gasteiger partial charge in [0.1, 0.15) is 23.3 Å². The first-order valence-corrected chi connectivity index (χ1v) is 15.0. The van der Waals surface area contributed by atoms with Gasteiger partial charge in [-0.3, -0.25) is 9.97 Å². The molecule has 0 saturated heterocycles. The van der Waals surface area contributed by atoms with Crippen LogP contribution in [0, 0.1) is 23.3 Å². The molecular formula is C34H22BF4N10-. The maximum absolute atomic E-state index is 15.9. The van der Waals surface area contributed by atoms with Crippen LogP contribution in [-0.4, -0.2) is 55.4 Å². The van der Waals surface area contributed by atoms with E-state index in [2.05, 4.69) is 25.3 Å². The highest BCUT2D eigenvalue weighted by molar-refractivity contribution is 6.72. The van der Waals surface area contributed by atoms with Crippen molar-refractivity contribution in [3.63, 3.8) is 0 Å². The smallest absolute Gasteiger partial charge is 0.379 e. The fourth-order valence-electron chi connectivity index (χ4n) is 6.24. The zero-order valence-electron chi connectivity index (χ0n) is 25.3. The molecule has 0 aliphatic carbocycles. The molecular weight excluding hydrogens is 635 g/mol. The highest BCUT2D eigenvalue weighted by Gasteiger charge is 2.40. The average Bonchev–Trinajstić information content (AvgIpc) is 3.95. The summed E-state index contributed by atoms with van der Waals surface area (Å²) in [6, 6.07) is 18.7. The maximum atomic E-state index is 15.9. The van der Waals surface area contributed by atoms with E-state index in [1.54, 1.807) is 106 Å². The summed E-state index contributed by atoms with van der Waals surface area (Å²) in [7, 11) is 0. The van der Waals surface area contributed by atoms with E-state index in [1.165, 1.54) is 23.2 Å². The summed E-state index contributed by atoms with van der Waals surface area (Å²) in [6.45, 7) is -2.65. The van der Waals surface area contributed by atoms with Gasteiger partial charge in [0.25, 0.3) is 0 Å². The van der Waals surface area contributed by atoms with Crippen LogP contribution in [0.5, 0.6) is 0 Å². The first-order chi connectivity index (χ1) is 23.9. The van der Waals surface area contributed by atoms with Crippen molar-refractivity contribution in [1.29, 1.82) is 0 Å². The number of hydrogen-bond acceptors (Lipinski definition) is 6. The second kappa shape index (κ2) is 11.9. The van der Waals surface area contributed by atoms with Crippen molar-refractivity contribution in [3.8, 4) is 44.9 Å². The molecule has 0 radical (unpaired) electrons. The van der Waals surface area contributed by atoms with Crippen LogP contribution in [0.25, 0.3) is 44.9 Å². The minimum absolute atomic E-state index is 0.0149. The van der Waals surface area contributed by atoms with Gasteiger partial charge in [-0.1, -0.05) is 12.1 Å². The van der Waals surface area contributed by atoms with E-state index >= 15 is 17.6 Å². The van der Waals surface area contributed by atoms with Crippen molar-refractivity contribution in [2.24, 2.45) is 0 Å².